The van der Waals surface area contributed by atoms with Crippen LogP contribution in [-0.4, -0.2) is 24.0 Å². The molecule has 0 aromatic rings. The van der Waals surface area contributed by atoms with Gasteiger partial charge in [0.1, 0.15) is 0 Å². The van der Waals surface area contributed by atoms with Crippen LogP contribution in [0.15, 0.2) is 0 Å². The van der Waals surface area contributed by atoms with E-state index in [9.17, 15) is 0 Å². The number of rotatable bonds is 3. The largest absolute Gasteiger partial charge is 0.300 e. The summed E-state index contributed by atoms with van der Waals surface area (Å²) in [6, 6.07) is 0.854. The molecular weight excluding hydrogens is 158 g/mol. The van der Waals surface area contributed by atoms with Gasteiger partial charge in [0.05, 0.1) is 0 Å². The number of likely N-dealkylation sites (tertiary alicyclic amines) is 1. The number of piperidine rings is 1. The zero-order valence-electron chi connectivity index (χ0n) is 9.71. The molecule has 1 heteroatoms. The average Bonchev–Trinajstić information content (AvgIpc) is 2.16. The van der Waals surface area contributed by atoms with Gasteiger partial charge in [0.2, 0.25) is 0 Å². The summed E-state index contributed by atoms with van der Waals surface area (Å²) in [7, 11) is 0. The number of hydrogen-bond donors (Lipinski definition) is 0. The van der Waals surface area contributed by atoms with Gasteiger partial charge in [-0.05, 0) is 31.2 Å². The van der Waals surface area contributed by atoms with E-state index in [4.69, 9.17) is 0 Å². The minimum Gasteiger partial charge on any atom is -0.300 e. The van der Waals surface area contributed by atoms with Crippen LogP contribution < -0.4 is 0 Å². The lowest BCUT2D eigenvalue weighted by atomic mass is 9.86. The van der Waals surface area contributed by atoms with Crippen LogP contribution in [0.3, 0.4) is 0 Å². The van der Waals surface area contributed by atoms with E-state index >= 15 is 0 Å². The highest BCUT2D eigenvalue weighted by molar-refractivity contribution is 4.82. The lowest BCUT2D eigenvalue weighted by Gasteiger charge is -2.41. The molecule has 2 atom stereocenters. The van der Waals surface area contributed by atoms with Crippen molar-refractivity contribution >= 4 is 0 Å². The van der Waals surface area contributed by atoms with Crippen molar-refractivity contribution in [2.45, 2.75) is 53.0 Å². The van der Waals surface area contributed by atoms with E-state index in [0.29, 0.717) is 0 Å². The van der Waals surface area contributed by atoms with Gasteiger partial charge in [-0.25, -0.2) is 0 Å². The Balaban J connectivity index is 2.50. The molecule has 0 saturated carbocycles. The average molecular weight is 183 g/mol. The second-order valence-corrected chi connectivity index (χ2v) is 4.75. The Kier molecular flexibility index (Phi) is 4.24. The third-order valence-corrected chi connectivity index (χ3v) is 3.59. The van der Waals surface area contributed by atoms with Crippen molar-refractivity contribution in [2.24, 2.45) is 11.8 Å². The van der Waals surface area contributed by atoms with E-state index in [1.54, 1.807) is 0 Å². The summed E-state index contributed by atoms with van der Waals surface area (Å²) in [4.78, 5) is 2.68. The fourth-order valence-electron chi connectivity index (χ4n) is 2.60. The number of nitrogens with zero attached hydrogens (tertiary/aromatic N) is 1. The van der Waals surface area contributed by atoms with Crippen LogP contribution in [0.1, 0.15) is 47.0 Å². The second kappa shape index (κ2) is 4.99. The van der Waals surface area contributed by atoms with Crippen LogP contribution in [0.4, 0.5) is 0 Å². The van der Waals surface area contributed by atoms with E-state index in [2.05, 4.69) is 32.6 Å². The molecule has 0 aromatic carbocycles. The number of hydrogen-bond acceptors (Lipinski definition) is 1. The molecule has 0 aromatic heterocycles. The molecule has 1 fully saturated rings. The minimum absolute atomic E-state index is 0.831. The Morgan fingerprint density at radius 3 is 2.38 bits per heavy atom. The standard InChI is InChI=1S/C12H25N/c1-5-11-7-8-12(10(3)4)13(6-2)9-11/h10-12H,5-9H2,1-4H3. The van der Waals surface area contributed by atoms with Crippen molar-refractivity contribution in [1.29, 1.82) is 0 Å². The molecule has 1 saturated heterocycles. The van der Waals surface area contributed by atoms with Crippen LogP contribution in [0.5, 0.6) is 0 Å². The first-order chi connectivity index (χ1) is 6.19. The lowest BCUT2D eigenvalue weighted by molar-refractivity contribution is 0.0819. The summed E-state index contributed by atoms with van der Waals surface area (Å²) in [5.41, 5.74) is 0. The van der Waals surface area contributed by atoms with E-state index in [0.717, 1.165) is 17.9 Å². The van der Waals surface area contributed by atoms with Gasteiger partial charge in [0.15, 0.2) is 0 Å². The first kappa shape index (κ1) is 11.0. The maximum Gasteiger partial charge on any atom is 0.0118 e. The van der Waals surface area contributed by atoms with Gasteiger partial charge in [-0.15, -0.1) is 0 Å². The highest BCUT2D eigenvalue weighted by Gasteiger charge is 2.27. The topological polar surface area (TPSA) is 3.24 Å². The molecule has 1 nitrogen and oxygen atoms in total. The van der Waals surface area contributed by atoms with Gasteiger partial charge < -0.3 is 4.90 Å². The Hall–Kier alpha value is -0.0400. The molecule has 0 amide bonds. The molecule has 0 N–H and O–H groups in total. The van der Waals surface area contributed by atoms with Crippen LogP contribution in [0, 0.1) is 11.8 Å². The van der Waals surface area contributed by atoms with E-state index in [-0.39, 0.29) is 0 Å². The van der Waals surface area contributed by atoms with Crippen molar-refractivity contribution in [3.05, 3.63) is 0 Å². The third kappa shape index (κ3) is 2.70. The summed E-state index contributed by atoms with van der Waals surface area (Å²) in [5.74, 6) is 1.80. The maximum absolute atomic E-state index is 2.68. The zero-order valence-corrected chi connectivity index (χ0v) is 9.71. The van der Waals surface area contributed by atoms with E-state index in [1.807, 2.05) is 0 Å². The fraction of sp³-hybridized carbons (Fsp3) is 1.00. The van der Waals surface area contributed by atoms with Crippen molar-refractivity contribution in [2.75, 3.05) is 13.1 Å². The molecule has 0 spiro atoms. The normalized spacial score (nSPS) is 31.2. The van der Waals surface area contributed by atoms with Gasteiger partial charge in [-0.3, -0.25) is 0 Å². The Morgan fingerprint density at radius 1 is 1.23 bits per heavy atom. The molecular formula is C12H25N. The molecule has 0 bridgehead atoms. The zero-order chi connectivity index (χ0) is 9.84. The quantitative estimate of drug-likeness (QED) is 0.649. The van der Waals surface area contributed by atoms with Gasteiger partial charge in [0.25, 0.3) is 0 Å². The minimum atomic E-state index is 0.831. The molecule has 2 unspecified atom stereocenters. The van der Waals surface area contributed by atoms with Gasteiger partial charge in [-0.1, -0.05) is 34.1 Å². The van der Waals surface area contributed by atoms with Gasteiger partial charge in [-0.2, -0.15) is 0 Å². The molecule has 0 aliphatic carbocycles. The van der Waals surface area contributed by atoms with Crippen LogP contribution >= 0.6 is 0 Å². The van der Waals surface area contributed by atoms with Gasteiger partial charge in [0, 0.05) is 12.6 Å². The van der Waals surface area contributed by atoms with Gasteiger partial charge >= 0.3 is 0 Å². The summed E-state index contributed by atoms with van der Waals surface area (Å²) in [6.45, 7) is 11.9. The maximum atomic E-state index is 2.68. The second-order valence-electron chi connectivity index (χ2n) is 4.75. The Morgan fingerprint density at radius 2 is 1.92 bits per heavy atom. The van der Waals surface area contributed by atoms with Crippen molar-refractivity contribution in [3.8, 4) is 0 Å². The smallest absolute Gasteiger partial charge is 0.0118 e. The summed E-state index contributed by atoms with van der Waals surface area (Å²) >= 11 is 0. The SMILES string of the molecule is CCC1CCC(C(C)C)N(CC)C1. The molecule has 78 valence electrons. The van der Waals surface area contributed by atoms with Crippen molar-refractivity contribution in [1.82, 2.24) is 4.90 Å². The van der Waals surface area contributed by atoms with Crippen LogP contribution in [0.2, 0.25) is 0 Å². The monoisotopic (exact) mass is 183 g/mol. The molecule has 1 heterocycles. The third-order valence-electron chi connectivity index (χ3n) is 3.59. The summed E-state index contributed by atoms with van der Waals surface area (Å²) < 4.78 is 0. The lowest BCUT2D eigenvalue weighted by Crippen LogP contribution is -2.45. The Labute approximate surface area is 83.5 Å². The molecule has 1 rings (SSSR count). The first-order valence-corrected chi connectivity index (χ1v) is 5.93. The summed E-state index contributed by atoms with van der Waals surface area (Å²) in [5, 5.41) is 0. The van der Waals surface area contributed by atoms with Crippen molar-refractivity contribution < 1.29 is 0 Å². The fourth-order valence-corrected chi connectivity index (χ4v) is 2.60. The van der Waals surface area contributed by atoms with E-state index in [1.165, 1.54) is 32.4 Å². The predicted molar refractivity (Wildman–Crippen MR) is 58.9 cm³/mol. The predicted octanol–water partition coefficient (Wildman–Crippen LogP) is 3.15. The highest BCUT2D eigenvalue weighted by atomic mass is 15.2. The van der Waals surface area contributed by atoms with Crippen LogP contribution in [-0.2, 0) is 0 Å². The highest BCUT2D eigenvalue weighted by Crippen LogP contribution is 2.27. The molecule has 0 radical (unpaired) electrons. The van der Waals surface area contributed by atoms with Crippen LogP contribution in [0.25, 0.3) is 0 Å². The van der Waals surface area contributed by atoms with E-state index < -0.39 is 0 Å². The molecule has 13 heavy (non-hydrogen) atoms. The molecule has 1 aliphatic heterocycles. The first-order valence-electron chi connectivity index (χ1n) is 5.93. The summed E-state index contributed by atoms with van der Waals surface area (Å²) in [6.07, 6.45) is 4.24. The molecule has 1 aliphatic rings. The Bertz CT molecular complexity index is 142. The van der Waals surface area contributed by atoms with Crippen molar-refractivity contribution in [3.63, 3.8) is 0 Å².